The van der Waals surface area contributed by atoms with Gasteiger partial charge >= 0.3 is 0 Å². The van der Waals surface area contributed by atoms with Crippen LogP contribution in [0.4, 0.5) is 5.69 Å². The van der Waals surface area contributed by atoms with E-state index >= 15 is 0 Å². The normalized spacial score (nSPS) is 11.5. The summed E-state index contributed by atoms with van der Waals surface area (Å²) in [5.74, 6) is -0.318. The van der Waals surface area contributed by atoms with Crippen LogP contribution >= 0.6 is 11.3 Å². The molecular weight excluding hydrogens is 394 g/mol. The molecule has 0 saturated heterocycles. The summed E-state index contributed by atoms with van der Waals surface area (Å²) in [6.07, 6.45) is 3.03. The van der Waals surface area contributed by atoms with E-state index in [4.69, 9.17) is 0 Å². The highest BCUT2D eigenvalue weighted by molar-refractivity contribution is 7.89. The predicted molar refractivity (Wildman–Crippen MR) is 113 cm³/mol. The minimum Gasteiger partial charge on any atom is -0.322 e. The largest absolute Gasteiger partial charge is 0.322 e. The Morgan fingerprint density at radius 1 is 1.11 bits per heavy atom. The zero-order valence-electron chi connectivity index (χ0n) is 15.0. The van der Waals surface area contributed by atoms with Gasteiger partial charge in [-0.2, -0.15) is 4.31 Å². The molecule has 3 aromatic rings. The molecule has 3 rings (SSSR count). The van der Waals surface area contributed by atoms with Crippen LogP contribution in [0.3, 0.4) is 0 Å². The smallest absolute Gasteiger partial charge is 0.255 e. The van der Waals surface area contributed by atoms with Crippen LogP contribution in [0.5, 0.6) is 0 Å². The number of hydrogen-bond donors (Lipinski definition) is 1. The van der Waals surface area contributed by atoms with E-state index in [1.807, 2.05) is 12.1 Å². The Balaban J connectivity index is 1.78. The number of rotatable bonds is 8. The van der Waals surface area contributed by atoms with Gasteiger partial charge in [0.25, 0.3) is 5.91 Å². The number of carbonyl (C=O) groups is 1. The van der Waals surface area contributed by atoms with Crippen molar-refractivity contribution in [3.8, 4) is 0 Å². The summed E-state index contributed by atoms with van der Waals surface area (Å²) in [6.45, 7) is 7.53. The molecule has 0 bridgehead atoms. The summed E-state index contributed by atoms with van der Waals surface area (Å²) < 4.78 is 27.6. The topological polar surface area (TPSA) is 79.4 Å². The van der Waals surface area contributed by atoms with Crippen LogP contribution in [-0.4, -0.2) is 36.7 Å². The molecule has 0 radical (unpaired) electrons. The Kier molecular flexibility index (Phi) is 6.03. The molecule has 0 fully saturated rings. The highest BCUT2D eigenvalue weighted by Crippen LogP contribution is 2.22. The first-order valence-electron chi connectivity index (χ1n) is 8.42. The zero-order valence-corrected chi connectivity index (χ0v) is 16.7. The van der Waals surface area contributed by atoms with Crippen molar-refractivity contribution in [2.24, 2.45) is 0 Å². The van der Waals surface area contributed by atoms with Gasteiger partial charge in [-0.05, 0) is 42.5 Å². The van der Waals surface area contributed by atoms with Crippen LogP contribution in [-0.2, 0) is 10.0 Å². The molecule has 0 aliphatic heterocycles. The van der Waals surface area contributed by atoms with E-state index in [2.05, 4.69) is 23.5 Å². The van der Waals surface area contributed by atoms with E-state index in [1.54, 1.807) is 11.6 Å². The van der Waals surface area contributed by atoms with E-state index in [9.17, 15) is 13.2 Å². The number of benzene rings is 2. The van der Waals surface area contributed by atoms with E-state index in [-0.39, 0.29) is 23.9 Å². The first kappa shape index (κ1) is 19.9. The summed E-state index contributed by atoms with van der Waals surface area (Å²) in [5.41, 5.74) is 3.64. The Bertz CT molecular complexity index is 1110. The van der Waals surface area contributed by atoms with E-state index in [0.29, 0.717) is 11.3 Å². The Labute approximate surface area is 167 Å². The summed E-state index contributed by atoms with van der Waals surface area (Å²) in [7, 11) is -3.69. The van der Waals surface area contributed by atoms with Crippen LogP contribution in [0.25, 0.3) is 10.2 Å². The monoisotopic (exact) mass is 413 g/mol. The maximum atomic E-state index is 12.7. The number of sulfonamides is 1. The molecule has 0 unspecified atom stereocenters. The summed E-state index contributed by atoms with van der Waals surface area (Å²) in [6, 6.07) is 11.3. The number of hydrogen-bond acceptors (Lipinski definition) is 5. The minimum absolute atomic E-state index is 0.110. The number of anilines is 1. The van der Waals surface area contributed by atoms with Crippen molar-refractivity contribution in [3.63, 3.8) is 0 Å². The van der Waals surface area contributed by atoms with Crippen molar-refractivity contribution in [2.45, 2.75) is 4.90 Å². The van der Waals surface area contributed by atoms with Crippen molar-refractivity contribution in [2.75, 3.05) is 18.4 Å². The summed E-state index contributed by atoms with van der Waals surface area (Å²) in [4.78, 5) is 16.8. The molecule has 0 saturated carbocycles. The number of carbonyl (C=O) groups excluding carboxylic acids is 1. The fourth-order valence-corrected chi connectivity index (χ4v) is 4.72. The lowest BCUT2D eigenvalue weighted by atomic mass is 10.2. The fraction of sp³-hybridized carbons (Fsp3) is 0.100. The van der Waals surface area contributed by atoms with Crippen LogP contribution in [0.2, 0.25) is 0 Å². The second-order valence-electron chi connectivity index (χ2n) is 5.91. The van der Waals surface area contributed by atoms with Gasteiger partial charge in [0.1, 0.15) is 0 Å². The highest BCUT2D eigenvalue weighted by atomic mass is 32.2. The molecule has 6 nitrogen and oxygen atoms in total. The van der Waals surface area contributed by atoms with Gasteiger partial charge in [0.15, 0.2) is 0 Å². The average Bonchev–Trinajstić information content (AvgIpc) is 3.15. The van der Waals surface area contributed by atoms with Crippen molar-refractivity contribution >= 4 is 43.2 Å². The fourth-order valence-electron chi connectivity index (χ4n) is 2.62. The summed E-state index contributed by atoms with van der Waals surface area (Å²) in [5, 5.41) is 2.82. The van der Waals surface area contributed by atoms with Gasteiger partial charge < -0.3 is 5.32 Å². The van der Waals surface area contributed by atoms with Crippen molar-refractivity contribution in [1.29, 1.82) is 0 Å². The standard InChI is InChI=1S/C20H19N3O3S2/c1-3-11-23(12-4-2)28(25,26)17-8-5-15(6-9-17)20(24)22-16-7-10-18-19(13-16)27-14-21-18/h3-10,13-14H,1-2,11-12H2,(H,22,24). The second-order valence-corrected chi connectivity index (χ2v) is 8.74. The van der Waals surface area contributed by atoms with Gasteiger partial charge in [0.2, 0.25) is 10.0 Å². The molecular formula is C20H19N3O3S2. The molecule has 0 aliphatic carbocycles. The number of aromatic nitrogens is 1. The molecule has 1 aromatic heterocycles. The predicted octanol–water partition coefficient (Wildman–Crippen LogP) is 3.91. The SMILES string of the molecule is C=CCN(CC=C)S(=O)(=O)c1ccc(C(=O)Nc2ccc3ncsc3c2)cc1. The van der Waals surface area contributed by atoms with Gasteiger partial charge in [0.05, 0.1) is 20.6 Å². The van der Waals surface area contributed by atoms with Crippen LogP contribution in [0.15, 0.2) is 78.2 Å². The molecule has 1 N–H and O–H groups in total. The lowest BCUT2D eigenvalue weighted by molar-refractivity contribution is 0.102. The summed E-state index contributed by atoms with van der Waals surface area (Å²) >= 11 is 1.49. The molecule has 1 amide bonds. The molecule has 8 heteroatoms. The third kappa shape index (κ3) is 4.19. The number of thiazole rings is 1. The molecule has 28 heavy (non-hydrogen) atoms. The zero-order chi connectivity index (χ0) is 20.1. The quantitative estimate of drug-likeness (QED) is 0.568. The Morgan fingerprint density at radius 3 is 2.43 bits per heavy atom. The highest BCUT2D eigenvalue weighted by Gasteiger charge is 2.22. The molecule has 0 spiro atoms. The Hall–Kier alpha value is -2.81. The van der Waals surface area contributed by atoms with Crippen LogP contribution in [0, 0.1) is 0 Å². The molecule has 0 aliphatic rings. The van der Waals surface area contributed by atoms with Gasteiger partial charge in [-0.1, -0.05) is 12.2 Å². The number of nitrogens with zero attached hydrogens (tertiary/aromatic N) is 2. The minimum atomic E-state index is -3.69. The first-order chi connectivity index (χ1) is 13.5. The Morgan fingerprint density at radius 2 is 1.79 bits per heavy atom. The van der Waals surface area contributed by atoms with E-state index < -0.39 is 10.0 Å². The molecule has 144 valence electrons. The van der Waals surface area contributed by atoms with Crippen LogP contribution < -0.4 is 5.32 Å². The van der Waals surface area contributed by atoms with Gasteiger partial charge in [0, 0.05) is 24.3 Å². The van der Waals surface area contributed by atoms with Crippen molar-refractivity contribution < 1.29 is 13.2 Å². The van der Waals surface area contributed by atoms with Gasteiger partial charge in [-0.15, -0.1) is 24.5 Å². The molecule has 0 atom stereocenters. The molecule has 2 aromatic carbocycles. The number of amides is 1. The maximum Gasteiger partial charge on any atom is 0.255 e. The lowest BCUT2D eigenvalue weighted by Crippen LogP contribution is -2.31. The van der Waals surface area contributed by atoms with Crippen molar-refractivity contribution in [1.82, 2.24) is 9.29 Å². The average molecular weight is 414 g/mol. The van der Waals surface area contributed by atoms with Crippen molar-refractivity contribution in [3.05, 3.63) is 78.8 Å². The first-order valence-corrected chi connectivity index (χ1v) is 10.7. The number of nitrogens with one attached hydrogen (secondary N) is 1. The van der Waals surface area contributed by atoms with E-state index in [0.717, 1.165) is 10.2 Å². The van der Waals surface area contributed by atoms with Gasteiger partial charge in [-0.25, -0.2) is 13.4 Å². The maximum absolute atomic E-state index is 12.7. The third-order valence-electron chi connectivity index (χ3n) is 4.01. The lowest BCUT2D eigenvalue weighted by Gasteiger charge is -2.19. The van der Waals surface area contributed by atoms with E-state index in [1.165, 1.54) is 52.1 Å². The van der Waals surface area contributed by atoms with Crippen LogP contribution in [0.1, 0.15) is 10.4 Å². The molecule has 1 heterocycles. The van der Waals surface area contributed by atoms with Gasteiger partial charge in [-0.3, -0.25) is 4.79 Å². The number of fused-ring (bicyclic) bond motifs is 1. The third-order valence-corrected chi connectivity index (χ3v) is 6.65. The second kappa shape index (κ2) is 8.47.